The van der Waals surface area contributed by atoms with Crippen molar-refractivity contribution in [3.05, 3.63) is 0 Å². The summed E-state index contributed by atoms with van der Waals surface area (Å²) in [5.74, 6) is 5.76. The van der Waals surface area contributed by atoms with Gasteiger partial charge in [-0.3, -0.25) is 0 Å². The molecule has 0 aromatic heterocycles. The normalized spacial score (nSPS) is 22.0. The maximum absolute atomic E-state index is 5.74. The summed E-state index contributed by atoms with van der Waals surface area (Å²) in [5, 5.41) is 0.237. The first kappa shape index (κ1) is 16.3. The van der Waals surface area contributed by atoms with E-state index in [0.717, 1.165) is 25.9 Å². The lowest BCUT2D eigenvalue weighted by molar-refractivity contribution is -0.166. The number of ether oxygens (including phenoxy) is 2. The van der Waals surface area contributed by atoms with E-state index in [2.05, 4.69) is 51.2 Å². The highest BCUT2D eigenvalue weighted by atomic mass is 28.3. The molecule has 0 aromatic carbocycles. The topological polar surface area (TPSA) is 18.5 Å². The molecule has 0 radical (unpaired) electrons. The van der Waals surface area contributed by atoms with Crippen molar-refractivity contribution >= 4 is 8.07 Å². The minimum atomic E-state index is -1.63. The van der Waals surface area contributed by atoms with Gasteiger partial charge < -0.3 is 9.47 Å². The lowest BCUT2D eigenvalue weighted by Gasteiger charge is -2.31. The highest BCUT2D eigenvalue weighted by Crippen LogP contribution is 2.35. The van der Waals surface area contributed by atoms with E-state index in [-0.39, 0.29) is 11.3 Å². The standard InChI is InChI=1S/C16H26O2Si/c1-7-14(18-15-10-8-9-12-17-15)11-13-19(5,6)16(2,3)4/h1,14-15H,8-10,12H2,2-6H3/t14-,15?/m0/s1. The molecule has 2 atom stereocenters. The Morgan fingerprint density at radius 3 is 2.47 bits per heavy atom. The Morgan fingerprint density at radius 1 is 1.32 bits per heavy atom. The Hall–Kier alpha value is -0.743. The molecule has 0 aromatic rings. The molecule has 1 unspecified atom stereocenters. The van der Waals surface area contributed by atoms with Crippen molar-refractivity contribution in [3.63, 3.8) is 0 Å². The highest BCUT2D eigenvalue weighted by molar-refractivity contribution is 6.87. The van der Waals surface area contributed by atoms with Crippen LogP contribution in [0.15, 0.2) is 0 Å². The number of rotatable bonds is 2. The Kier molecular flexibility index (Phi) is 5.68. The van der Waals surface area contributed by atoms with Gasteiger partial charge in [0.1, 0.15) is 8.07 Å². The first-order valence-electron chi connectivity index (χ1n) is 7.02. The third-order valence-corrected chi connectivity index (χ3v) is 8.49. The van der Waals surface area contributed by atoms with Crippen LogP contribution in [0.25, 0.3) is 0 Å². The maximum atomic E-state index is 5.74. The molecule has 1 fully saturated rings. The van der Waals surface area contributed by atoms with Gasteiger partial charge >= 0.3 is 0 Å². The van der Waals surface area contributed by atoms with Crippen molar-refractivity contribution in [2.75, 3.05) is 6.61 Å². The monoisotopic (exact) mass is 278 g/mol. The van der Waals surface area contributed by atoms with Crippen LogP contribution >= 0.6 is 0 Å². The zero-order valence-electron chi connectivity index (χ0n) is 12.9. The molecular weight excluding hydrogens is 252 g/mol. The zero-order chi connectivity index (χ0) is 14.5. The van der Waals surface area contributed by atoms with Gasteiger partial charge in [-0.05, 0) is 24.3 Å². The van der Waals surface area contributed by atoms with E-state index in [1.807, 2.05) is 0 Å². The van der Waals surface area contributed by atoms with Crippen LogP contribution in [0.4, 0.5) is 0 Å². The van der Waals surface area contributed by atoms with Gasteiger partial charge in [0.25, 0.3) is 0 Å². The summed E-state index contributed by atoms with van der Waals surface area (Å²) in [4.78, 5) is 0. The van der Waals surface area contributed by atoms with Crippen LogP contribution in [0.1, 0.15) is 40.0 Å². The summed E-state index contributed by atoms with van der Waals surface area (Å²) < 4.78 is 11.3. The van der Waals surface area contributed by atoms with Crippen molar-refractivity contribution < 1.29 is 9.47 Å². The summed E-state index contributed by atoms with van der Waals surface area (Å²) in [6.45, 7) is 12.0. The van der Waals surface area contributed by atoms with Gasteiger partial charge in [-0.2, -0.15) is 0 Å². The van der Waals surface area contributed by atoms with E-state index < -0.39 is 14.2 Å². The molecule has 2 nitrogen and oxygen atoms in total. The summed E-state index contributed by atoms with van der Waals surface area (Å²) in [6, 6.07) is 0. The molecule has 1 aliphatic heterocycles. The van der Waals surface area contributed by atoms with E-state index in [0.29, 0.717) is 0 Å². The van der Waals surface area contributed by atoms with Gasteiger partial charge in [-0.1, -0.05) is 45.7 Å². The molecule has 0 spiro atoms. The van der Waals surface area contributed by atoms with Crippen LogP contribution in [-0.2, 0) is 9.47 Å². The lowest BCUT2D eigenvalue weighted by atomic mass is 10.2. The minimum Gasteiger partial charge on any atom is -0.353 e. The molecule has 19 heavy (non-hydrogen) atoms. The quantitative estimate of drug-likeness (QED) is 0.568. The maximum Gasteiger partial charge on any atom is 0.181 e. The average Bonchev–Trinajstić information content (AvgIpc) is 2.34. The molecule has 0 bridgehead atoms. The number of hydrogen-bond acceptors (Lipinski definition) is 2. The molecule has 1 heterocycles. The summed E-state index contributed by atoms with van der Waals surface area (Å²) in [7, 11) is -1.63. The smallest absolute Gasteiger partial charge is 0.181 e. The third-order valence-electron chi connectivity index (χ3n) is 3.97. The van der Waals surface area contributed by atoms with Crippen LogP contribution in [0.3, 0.4) is 0 Å². The van der Waals surface area contributed by atoms with Crippen molar-refractivity contribution in [2.45, 2.75) is 70.6 Å². The second-order valence-corrected chi connectivity index (χ2v) is 11.6. The van der Waals surface area contributed by atoms with Crippen LogP contribution in [0.2, 0.25) is 18.1 Å². The fourth-order valence-corrected chi connectivity index (χ4v) is 2.39. The van der Waals surface area contributed by atoms with Gasteiger partial charge in [-0.15, -0.1) is 12.0 Å². The van der Waals surface area contributed by atoms with Gasteiger partial charge in [-0.25, -0.2) is 0 Å². The summed E-state index contributed by atoms with van der Waals surface area (Å²) in [5.41, 5.74) is 3.41. The van der Waals surface area contributed by atoms with Gasteiger partial charge in [0.15, 0.2) is 12.4 Å². The second kappa shape index (κ2) is 6.62. The van der Waals surface area contributed by atoms with E-state index in [9.17, 15) is 0 Å². The summed E-state index contributed by atoms with van der Waals surface area (Å²) in [6.07, 6.45) is 8.05. The molecule has 0 aliphatic carbocycles. The average molecular weight is 278 g/mol. The van der Waals surface area contributed by atoms with Gasteiger partial charge in [0.05, 0.1) is 0 Å². The SMILES string of the molecule is C#C[C@@H](C#C[Si](C)(C)C(C)(C)C)OC1CCCCO1. The van der Waals surface area contributed by atoms with E-state index in [1.54, 1.807) is 0 Å². The fraction of sp³-hybridized carbons (Fsp3) is 0.750. The summed E-state index contributed by atoms with van der Waals surface area (Å²) >= 11 is 0. The van der Waals surface area contributed by atoms with Crippen LogP contribution < -0.4 is 0 Å². The predicted octanol–water partition coefficient (Wildman–Crippen LogP) is 3.58. The van der Waals surface area contributed by atoms with E-state index in [4.69, 9.17) is 15.9 Å². The third kappa shape index (κ3) is 5.03. The lowest BCUT2D eigenvalue weighted by Crippen LogP contribution is -2.36. The molecule has 1 rings (SSSR count). The minimum absolute atomic E-state index is 0.177. The number of hydrogen-bond donors (Lipinski definition) is 0. The van der Waals surface area contributed by atoms with E-state index in [1.165, 1.54) is 0 Å². The molecule has 106 valence electrons. The second-order valence-electron chi connectivity index (χ2n) is 6.62. The van der Waals surface area contributed by atoms with Gasteiger partial charge in [0.2, 0.25) is 0 Å². The first-order chi connectivity index (χ1) is 8.76. The largest absolute Gasteiger partial charge is 0.353 e. The molecule has 0 amide bonds. The van der Waals surface area contributed by atoms with Crippen LogP contribution in [0, 0.1) is 23.8 Å². The Balaban J connectivity index is 2.65. The number of terminal acetylenes is 1. The van der Waals surface area contributed by atoms with Crippen molar-refractivity contribution in [3.8, 4) is 23.8 Å². The molecular formula is C16H26O2Si. The first-order valence-corrected chi connectivity index (χ1v) is 10.0. The van der Waals surface area contributed by atoms with Crippen molar-refractivity contribution in [1.29, 1.82) is 0 Å². The fourth-order valence-electron chi connectivity index (χ4n) is 1.52. The Morgan fingerprint density at radius 2 is 2.00 bits per heavy atom. The van der Waals surface area contributed by atoms with Crippen LogP contribution in [-0.4, -0.2) is 27.1 Å². The Labute approximate surface area is 119 Å². The molecule has 0 saturated carbocycles. The molecule has 1 aliphatic rings. The predicted molar refractivity (Wildman–Crippen MR) is 82.3 cm³/mol. The van der Waals surface area contributed by atoms with Gasteiger partial charge in [0, 0.05) is 6.61 Å². The van der Waals surface area contributed by atoms with Crippen LogP contribution in [0.5, 0.6) is 0 Å². The highest BCUT2D eigenvalue weighted by Gasteiger charge is 2.33. The molecule has 0 N–H and O–H groups in total. The zero-order valence-corrected chi connectivity index (χ0v) is 13.9. The Bertz CT molecular complexity index is 384. The molecule has 3 heteroatoms. The molecule has 1 saturated heterocycles. The van der Waals surface area contributed by atoms with E-state index >= 15 is 0 Å². The van der Waals surface area contributed by atoms with Crippen molar-refractivity contribution in [2.24, 2.45) is 0 Å². The van der Waals surface area contributed by atoms with Crippen molar-refractivity contribution in [1.82, 2.24) is 0 Å².